The van der Waals surface area contributed by atoms with Crippen molar-refractivity contribution in [3.8, 4) is 0 Å². The predicted molar refractivity (Wildman–Crippen MR) is 190 cm³/mol. The molecule has 3 fully saturated rings. The molecule has 0 radical (unpaired) electrons. The number of rotatable bonds is 7. The van der Waals surface area contributed by atoms with Crippen molar-refractivity contribution in [2.24, 2.45) is 17.8 Å². The Labute approximate surface area is 305 Å². The van der Waals surface area contributed by atoms with E-state index in [1.807, 2.05) is 18.7 Å². The summed E-state index contributed by atoms with van der Waals surface area (Å²) in [6.07, 6.45) is -8.79. The molecule has 0 aromatic carbocycles. The lowest BCUT2D eigenvalue weighted by Gasteiger charge is -2.48. The van der Waals surface area contributed by atoms with Crippen molar-refractivity contribution in [1.29, 1.82) is 0 Å². The highest BCUT2D eigenvalue weighted by molar-refractivity contribution is 5.73. The first-order valence-corrected chi connectivity index (χ1v) is 18.8. The molecule has 18 atom stereocenters. The van der Waals surface area contributed by atoms with Crippen LogP contribution in [-0.4, -0.2) is 159 Å². The highest BCUT2D eigenvalue weighted by Crippen LogP contribution is 2.40. The summed E-state index contributed by atoms with van der Waals surface area (Å²) in [4.78, 5) is 15.9. The normalized spacial score (nSPS) is 50.2. The van der Waals surface area contributed by atoms with Gasteiger partial charge in [0.15, 0.2) is 6.29 Å². The van der Waals surface area contributed by atoms with Gasteiger partial charge in [-0.05, 0) is 80.8 Å². The van der Waals surface area contributed by atoms with Gasteiger partial charge in [0.25, 0.3) is 0 Å². The number of carbonyl (C=O) groups is 1. The van der Waals surface area contributed by atoms with Crippen LogP contribution in [0.15, 0.2) is 0 Å². The van der Waals surface area contributed by atoms with Gasteiger partial charge in [0, 0.05) is 44.5 Å². The Morgan fingerprint density at radius 1 is 0.961 bits per heavy atom. The molecule has 3 heterocycles. The largest absolute Gasteiger partial charge is 0.459 e. The fraction of sp³-hybridized carbons (Fsp3) is 0.973. The first-order valence-electron chi connectivity index (χ1n) is 18.8. The van der Waals surface area contributed by atoms with Crippen LogP contribution < -0.4 is 5.32 Å². The van der Waals surface area contributed by atoms with Gasteiger partial charge in [-0.25, -0.2) is 0 Å². The molecule has 14 heteroatoms. The number of hydrogen-bond acceptors (Lipinski definition) is 14. The van der Waals surface area contributed by atoms with E-state index in [0.29, 0.717) is 13.0 Å². The van der Waals surface area contributed by atoms with E-state index >= 15 is 0 Å². The second-order valence-corrected chi connectivity index (χ2v) is 16.5. The van der Waals surface area contributed by atoms with Gasteiger partial charge in [0.1, 0.15) is 23.9 Å². The third-order valence-electron chi connectivity index (χ3n) is 12.3. The minimum absolute atomic E-state index is 0.0707. The summed E-state index contributed by atoms with van der Waals surface area (Å²) >= 11 is 0. The molecule has 14 nitrogen and oxygen atoms in total. The summed E-state index contributed by atoms with van der Waals surface area (Å²) in [5.74, 6) is -2.97. The number of nitrogens with one attached hydrogen (secondary N) is 1. The topological polar surface area (TPSA) is 200 Å². The van der Waals surface area contributed by atoms with Crippen LogP contribution in [0.4, 0.5) is 0 Å². The lowest BCUT2D eigenvalue weighted by molar-refractivity contribution is -0.300. The number of nitrogens with zero attached hydrogens (tertiary/aromatic N) is 1. The average molecular weight is 735 g/mol. The van der Waals surface area contributed by atoms with Crippen LogP contribution in [0.25, 0.3) is 0 Å². The van der Waals surface area contributed by atoms with Crippen LogP contribution in [0.2, 0.25) is 0 Å². The SMILES string of the molecule is CC[C@H]1OC(=O)[C@H](C)[C@@H](O[C@H]2C[C@@](C)(OC)[C@@H](O)[C@H](C)O2)[C@H](C)[C@@H](O)[C@@](O)(C[C@@H]2O[C@H](C)C[C@H](NC)C2O)C[C@@H](C)CN(C)[C@H](C)[C@@H](O)[C@]1(C)O. The Morgan fingerprint density at radius 3 is 2.16 bits per heavy atom. The van der Waals surface area contributed by atoms with Crippen molar-refractivity contribution in [3.05, 3.63) is 0 Å². The van der Waals surface area contributed by atoms with Gasteiger partial charge in [-0.2, -0.15) is 0 Å². The van der Waals surface area contributed by atoms with Crippen LogP contribution >= 0.6 is 0 Å². The molecule has 0 amide bonds. The fourth-order valence-corrected chi connectivity index (χ4v) is 8.70. The Kier molecular flexibility index (Phi) is 15.3. The van der Waals surface area contributed by atoms with Crippen LogP contribution in [0.1, 0.15) is 94.4 Å². The van der Waals surface area contributed by atoms with Gasteiger partial charge < -0.3 is 64.5 Å². The number of aliphatic hydroxyl groups excluding tert-OH is 4. The van der Waals surface area contributed by atoms with Gasteiger partial charge in [-0.3, -0.25) is 4.79 Å². The minimum Gasteiger partial charge on any atom is -0.459 e. The monoisotopic (exact) mass is 734 g/mol. The molecule has 0 aliphatic carbocycles. The van der Waals surface area contributed by atoms with Crippen molar-refractivity contribution < 1.29 is 59.1 Å². The van der Waals surface area contributed by atoms with E-state index in [9.17, 15) is 35.4 Å². The van der Waals surface area contributed by atoms with E-state index in [0.717, 1.165) is 0 Å². The smallest absolute Gasteiger partial charge is 0.311 e. The second-order valence-electron chi connectivity index (χ2n) is 16.5. The summed E-state index contributed by atoms with van der Waals surface area (Å²) in [5.41, 5.74) is -4.70. The molecule has 51 heavy (non-hydrogen) atoms. The van der Waals surface area contributed by atoms with E-state index in [1.54, 1.807) is 55.6 Å². The molecular weight excluding hydrogens is 664 g/mol. The number of methoxy groups -OCH3 is 1. The molecule has 1 unspecified atom stereocenters. The molecule has 0 aromatic heterocycles. The van der Waals surface area contributed by atoms with E-state index < -0.39 is 95.8 Å². The maximum atomic E-state index is 14.0. The number of aliphatic hydroxyl groups is 6. The number of hydrogen-bond donors (Lipinski definition) is 7. The maximum Gasteiger partial charge on any atom is 0.311 e. The van der Waals surface area contributed by atoms with Crippen molar-refractivity contribution in [1.82, 2.24) is 10.2 Å². The van der Waals surface area contributed by atoms with Crippen molar-refractivity contribution in [3.63, 3.8) is 0 Å². The second kappa shape index (κ2) is 17.6. The highest BCUT2D eigenvalue weighted by Gasteiger charge is 2.53. The number of cyclic esters (lactones) is 1. The third kappa shape index (κ3) is 9.81. The van der Waals surface area contributed by atoms with Gasteiger partial charge >= 0.3 is 5.97 Å². The Balaban J connectivity index is 2.13. The highest BCUT2D eigenvalue weighted by atomic mass is 16.7. The number of esters is 1. The molecule has 0 bridgehead atoms. The molecule has 3 aliphatic heterocycles. The first kappa shape index (κ1) is 44.4. The predicted octanol–water partition coefficient (Wildman–Crippen LogP) is 0.947. The van der Waals surface area contributed by atoms with E-state index in [2.05, 4.69) is 5.32 Å². The maximum absolute atomic E-state index is 14.0. The third-order valence-corrected chi connectivity index (χ3v) is 12.3. The van der Waals surface area contributed by atoms with Crippen molar-refractivity contribution in [2.45, 2.75) is 185 Å². The summed E-state index contributed by atoms with van der Waals surface area (Å²) in [7, 11) is 5.05. The molecule has 0 aromatic rings. The van der Waals surface area contributed by atoms with Crippen LogP contribution in [0.5, 0.6) is 0 Å². The van der Waals surface area contributed by atoms with Crippen LogP contribution in [-0.2, 0) is 28.5 Å². The number of carbonyl (C=O) groups excluding carboxylic acids is 1. The number of likely N-dealkylation sites (N-methyl/N-ethyl adjacent to an activating group) is 2. The van der Waals surface area contributed by atoms with E-state index in [1.165, 1.54) is 14.0 Å². The van der Waals surface area contributed by atoms with Gasteiger partial charge in [0.05, 0.1) is 53.7 Å². The van der Waals surface area contributed by atoms with E-state index in [-0.39, 0.29) is 43.7 Å². The molecule has 3 saturated heterocycles. The van der Waals surface area contributed by atoms with Gasteiger partial charge in [0.2, 0.25) is 0 Å². The van der Waals surface area contributed by atoms with E-state index in [4.69, 9.17) is 23.7 Å². The first-order chi connectivity index (χ1) is 23.6. The zero-order valence-corrected chi connectivity index (χ0v) is 33.0. The molecule has 3 aliphatic rings. The average Bonchev–Trinajstić information content (AvgIpc) is 3.07. The quantitative estimate of drug-likeness (QED) is 0.182. The number of ether oxygens (including phenoxy) is 5. The molecule has 3 rings (SSSR count). The van der Waals surface area contributed by atoms with Gasteiger partial charge in [-0.1, -0.05) is 20.8 Å². The zero-order valence-electron chi connectivity index (χ0n) is 33.0. The summed E-state index contributed by atoms with van der Waals surface area (Å²) in [5, 5.41) is 73.5. The van der Waals surface area contributed by atoms with Crippen molar-refractivity contribution in [2.75, 3.05) is 27.7 Å². The Hall–Kier alpha value is -1.01. The Bertz CT molecular complexity index is 1120. The summed E-state index contributed by atoms with van der Waals surface area (Å²) in [6.45, 7) is 15.9. The molecule has 0 saturated carbocycles. The lowest BCUT2D eigenvalue weighted by Crippen LogP contribution is -2.60. The van der Waals surface area contributed by atoms with Crippen LogP contribution in [0.3, 0.4) is 0 Å². The minimum atomic E-state index is -1.84. The Morgan fingerprint density at radius 2 is 1.59 bits per heavy atom. The lowest BCUT2D eigenvalue weighted by atomic mass is 9.73. The van der Waals surface area contributed by atoms with Crippen molar-refractivity contribution >= 4 is 5.97 Å². The fourth-order valence-electron chi connectivity index (χ4n) is 8.70. The molecule has 300 valence electrons. The molecular formula is C37H70N2O12. The van der Waals surface area contributed by atoms with Gasteiger partial charge in [-0.15, -0.1) is 0 Å². The standard InChI is InChI=1S/C37H70N2O12/c1-13-27-36(9,45)32(42)23(6)39(11)18-19(2)15-37(46,16-26-29(40)25(38-10)14-20(3)48-26)31(41)21(4)30(22(5)34(44)50-27)51-28-17-35(8,47-12)33(43)24(7)49-28/h19-33,38,40-43,45-46H,13-18H2,1-12H3/t19-,20-,21+,22-,23-,24+,25+,26+,27-,28+,29?,30+,31-,32-,33+,35-,36-,37+/m1/s1. The molecule has 0 spiro atoms. The molecule has 7 N–H and O–H groups in total. The zero-order chi connectivity index (χ0) is 38.8. The van der Waals surface area contributed by atoms with Crippen LogP contribution in [0, 0.1) is 17.8 Å². The summed E-state index contributed by atoms with van der Waals surface area (Å²) in [6, 6.07) is -0.867. The summed E-state index contributed by atoms with van der Waals surface area (Å²) < 4.78 is 30.4.